The summed E-state index contributed by atoms with van der Waals surface area (Å²) in [5.74, 6) is 2.85. The maximum absolute atomic E-state index is 11.9. The van der Waals surface area contributed by atoms with Crippen LogP contribution in [0.25, 0.3) is 0 Å². The Balaban J connectivity index is 1.65. The number of aryl methyl sites for hydroxylation is 2. The lowest BCUT2D eigenvalue weighted by Crippen LogP contribution is -2.15. The highest BCUT2D eigenvalue weighted by atomic mass is 32.2. The van der Waals surface area contributed by atoms with Crippen LogP contribution >= 0.6 is 11.8 Å². The summed E-state index contributed by atoms with van der Waals surface area (Å²) in [7, 11) is 0. The van der Waals surface area contributed by atoms with Crippen molar-refractivity contribution in [2.45, 2.75) is 20.8 Å². The van der Waals surface area contributed by atoms with Gasteiger partial charge in [-0.05, 0) is 68.3 Å². The van der Waals surface area contributed by atoms with E-state index in [0.717, 1.165) is 22.9 Å². The van der Waals surface area contributed by atoms with E-state index in [0.29, 0.717) is 19.0 Å². The predicted molar refractivity (Wildman–Crippen MR) is 105 cm³/mol. The minimum Gasteiger partial charge on any atom is -0.494 e. The summed E-state index contributed by atoms with van der Waals surface area (Å²) in [6.07, 6.45) is 0. The molecular weight excluding hydrogens is 334 g/mol. The molecule has 4 nitrogen and oxygen atoms in total. The van der Waals surface area contributed by atoms with Gasteiger partial charge in [0.05, 0.1) is 19.0 Å². The van der Waals surface area contributed by atoms with Gasteiger partial charge in [-0.1, -0.05) is 6.07 Å². The molecule has 0 saturated carbocycles. The van der Waals surface area contributed by atoms with Gasteiger partial charge in [0.2, 0.25) is 5.91 Å². The second-order valence-electron chi connectivity index (χ2n) is 5.73. The molecule has 0 atom stereocenters. The highest BCUT2D eigenvalue weighted by Crippen LogP contribution is 2.17. The molecule has 25 heavy (non-hydrogen) atoms. The lowest BCUT2D eigenvalue weighted by Gasteiger charge is -2.09. The molecule has 0 unspecified atom stereocenters. The summed E-state index contributed by atoms with van der Waals surface area (Å²) in [4.78, 5) is 11.9. The van der Waals surface area contributed by atoms with Crippen molar-refractivity contribution >= 4 is 23.4 Å². The third kappa shape index (κ3) is 7.10. The van der Waals surface area contributed by atoms with Gasteiger partial charge in [-0.15, -0.1) is 11.8 Å². The van der Waals surface area contributed by atoms with Gasteiger partial charge < -0.3 is 14.8 Å². The minimum atomic E-state index is -0.0134. The zero-order valence-corrected chi connectivity index (χ0v) is 15.8. The second kappa shape index (κ2) is 9.99. The first-order valence-corrected chi connectivity index (χ1v) is 9.54. The number of ether oxygens (including phenoxy) is 2. The average Bonchev–Trinajstić information content (AvgIpc) is 2.56. The van der Waals surface area contributed by atoms with Crippen molar-refractivity contribution in [3.8, 4) is 11.5 Å². The number of thioether (sulfide) groups is 1. The Hall–Kier alpha value is -2.14. The topological polar surface area (TPSA) is 47.6 Å². The molecule has 2 rings (SSSR count). The van der Waals surface area contributed by atoms with E-state index < -0.39 is 0 Å². The molecular formula is C20H25NO3S. The van der Waals surface area contributed by atoms with Crippen molar-refractivity contribution in [2.24, 2.45) is 0 Å². The number of carbonyl (C=O) groups excluding carboxylic acids is 1. The van der Waals surface area contributed by atoms with Crippen LogP contribution in [0.2, 0.25) is 0 Å². The van der Waals surface area contributed by atoms with Crippen LogP contribution in [-0.4, -0.2) is 30.6 Å². The molecule has 0 aliphatic carbocycles. The maximum atomic E-state index is 11.9. The molecule has 0 bridgehead atoms. The van der Waals surface area contributed by atoms with Gasteiger partial charge in [-0.2, -0.15) is 0 Å². The quantitative estimate of drug-likeness (QED) is 0.672. The van der Waals surface area contributed by atoms with Crippen molar-refractivity contribution in [1.82, 2.24) is 0 Å². The fraction of sp³-hybridized carbons (Fsp3) is 0.350. The van der Waals surface area contributed by atoms with E-state index in [-0.39, 0.29) is 5.91 Å². The van der Waals surface area contributed by atoms with E-state index in [4.69, 9.17) is 9.47 Å². The number of benzene rings is 2. The maximum Gasteiger partial charge on any atom is 0.234 e. The van der Waals surface area contributed by atoms with Crippen LogP contribution in [0, 0.1) is 13.8 Å². The molecule has 0 heterocycles. The number of anilines is 1. The first-order chi connectivity index (χ1) is 12.1. The van der Waals surface area contributed by atoms with E-state index in [9.17, 15) is 4.79 Å². The van der Waals surface area contributed by atoms with E-state index in [1.54, 1.807) is 11.8 Å². The number of hydrogen-bond donors (Lipinski definition) is 1. The van der Waals surface area contributed by atoms with E-state index in [1.165, 1.54) is 11.1 Å². The first-order valence-electron chi connectivity index (χ1n) is 8.38. The number of amides is 1. The SMILES string of the molecule is CCOc1ccc(NC(=O)CSCCOc2cc(C)cc(C)c2)cc1. The molecule has 1 N–H and O–H groups in total. The zero-order valence-electron chi connectivity index (χ0n) is 15.0. The average molecular weight is 359 g/mol. The van der Waals surface area contributed by atoms with Crippen LogP contribution in [0.1, 0.15) is 18.1 Å². The lowest BCUT2D eigenvalue weighted by atomic mass is 10.1. The molecule has 5 heteroatoms. The molecule has 0 radical (unpaired) electrons. The number of nitrogens with one attached hydrogen (secondary N) is 1. The summed E-state index contributed by atoms with van der Waals surface area (Å²) in [5, 5.41) is 2.88. The van der Waals surface area contributed by atoms with Gasteiger partial charge in [0, 0.05) is 11.4 Å². The number of rotatable bonds is 9. The van der Waals surface area contributed by atoms with E-state index in [2.05, 4.69) is 25.2 Å². The van der Waals surface area contributed by atoms with Crippen molar-refractivity contribution in [3.05, 3.63) is 53.6 Å². The van der Waals surface area contributed by atoms with Crippen LogP contribution in [0.4, 0.5) is 5.69 Å². The fourth-order valence-electron chi connectivity index (χ4n) is 2.40. The van der Waals surface area contributed by atoms with Gasteiger partial charge in [-0.25, -0.2) is 0 Å². The van der Waals surface area contributed by atoms with Gasteiger partial charge in [-0.3, -0.25) is 4.79 Å². The Morgan fingerprint density at radius 2 is 1.68 bits per heavy atom. The lowest BCUT2D eigenvalue weighted by molar-refractivity contribution is -0.113. The molecule has 1 amide bonds. The summed E-state index contributed by atoms with van der Waals surface area (Å²) in [5.41, 5.74) is 3.16. The van der Waals surface area contributed by atoms with Gasteiger partial charge in [0.25, 0.3) is 0 Å². The van der Waals surface area contributed by atoms with Crippen molar-refractivity contribution in [2.75, 3.05) is 30.0 Å². The Morgan fingerprint density at radius 3 is 2.32 bits per heavy atom. The Morgan fingerprint density at radius 1 is 1.00 bits per heavy atom. The summed E-state index contributed by atoms with van der Waals surface area (Å²) in [6.45, 7) is 7.27. The minimum absolute atomic E-state index is 0.0134. The molecule has 0 fully saturated rings. The Bertz CT molecular complexity index is 666. The van der Waals surface area contributed by atoms with Gasteiger partial charge in [0.15, 0.2) is 0 Å². The molecule has 134 valence electrons. The highest BCUT2D eigenvalue weighted by Gasteiger charge is 2.03. The third-order valence-corrected chi connectivity index (χ3v) is 4.30. The predicted octanol–water partition coefficient (Wildman–Crippen LogP) is 4.45. The van der Waals surface area contributed by atoms with Crippen LogP contribution < -0.4 is 14.8 Å². The normalized spacial score (nSPS) is 10.4. The van der Waals surface area contributed by atoms with Crippen LogP contribution in [0.3, 0.4) is 0 Å². The number of carbonyl (C=O) groups is 1. The second-order valence-corrected chi connectivity index (χ2v) is 6.84. The van der Waals surface area contributed by atoms with Crippen molar-refractivity contribution in [1.29, 1.82) is 0 Å². The summed E-state index contributed by atoms with van der Waals surface area (Å²) < 4.78 is 11.1. The van der Waals surface area contributed by atoms with Crippen LogP contribution in [-0.2, 0) is 4.79 Å². The smallest absolute Gasteiger partial charge is 0.234 e. The Kier molecular flexibility index (Phi) is 7.67. The van der Waals surface area contributed by atoms with Gasteiger partial charge in [0.1, 0.15) is 11.5 Å². The number of hydrogen-bond acceptors (Lipinski definition) is 4. The van der Waals surface area contributed by atoms with Crippen LogP contribution in [0.5, 0.6) is 11.5 Å². The zero-order chi connectivity index (χ0) is 18.1. The molecule has 0 aromatic heterocycles. The molecule has 0 saturated heterocycles. The molecule has 0 spiro atoms. The fourth-order valence-corrected chi connectivity index (χ4v) is 3.00. The largest absolute Gasteiger partial charge is 0.494 e. The van der Waals surface area contributed by atoms with E-state index >= 15 is 0 Å². The Labute approximate surface area is 153 Å². The van der Waals surface area contributed by atoms with Crippen molar-refractivity contribution < 1.29 is 14.3 Å². The standard InChI is InChI=1S/C20H25NO3S/c1-4-23-18-7-5-17(6-8-18)21-20(22)14-25-10-9-24-19-12-15(2)11-16(3)13-19/h5-8,11-13H,4,9-10,14H2,1-3H3,(H,21,22). The molecule has 2 aromatic carbocycles. The van der Waals surface area contributed by atoms with E-state index in [1.807, 2.05) is 43.3 Å². The highest BCUT2D eigenvalue weighted by molar-refractivity contribution is 7.99. The summed E-state index contributed by atoms with van der Waals surface area (Å²) in [6, 6.07) is 13.6. The van der Waals surface area contributed by atoms with Gasteiger partial charge >= 0.3 is 0 Å². The molecule has 0 aliphatic heterocycles. The first kappa shape index (κ1) is 19.2. The van der Waals surface area contributed by atoms with Crippen LogP contribution in [0.15, 0.2) is 42.5 Å². The van der Waals surface area contributed by atoms with Crippen molar-refractivity contribution in [3.63, 3.8) is 0 Å². The summed E-state index contributed by atoms with van der Waals surface area (Å²) >= 11 is 1.56. The molecule has 0 aliphatic rings. The monoisotopic (exact) mass is 359 g/mol. The molecule has 2 aromatic rings. The third-order valence-electron chi connectivity index (χ3n) is 3.37.